The van der Waals surface area contributed by atoms with E-state index in [4.69, 9.17) is 5.73 Å². The van der Waals surface area contributed by atoms with Crippen LogP contribution in [-0.4, -0.2) is 28.9 Å². The molecule has 1 amide bonds. The zero-order chi connectivity index (χ0) is 12.3. The quantitative estimate of drug-likeness (QED) is 0.818. The second-order valence-corrected chi connectivity index (χ2v) is 4.13. The van der Waals surface area contributed by atoms with E-state index in [9.17, 15) is 4.79 Å². The van der Waals surface area contributed by atoms with Crippen LogP contribution in [0.5, 0.6) is 0 Å². The van der Waals surface area contributed by atoms with E-state index in [1.807, 2.05) is 30.2 Å². The Kier molecular flexibility index (Phi) is 3.44. The van der Waals surface area contributed by atoms with Crippen LogP contribution in [0.1, 0.15) is 12.5 Å². The molecule has 0 fully saturated rings. The van der Waals surface area contributed by atoms with Gasteiger partial charge in [-0.05, 0) is 24.2 Å². The number of H-pyrrole nitrogens is 1. The predicted molar refractivity (Wildman–Crippen MR) is 68.4 cm³/mol. The highest BCUT2D eigenvalue weighted by Gasteiger charge is 2.09. The zero-order valence-electron chi connectivity index (χ0n) is 9.94. The fourth-order valence-corrected chi connectivity index (χ4v) is 2.03. The largest absolute Gasteiger partial charge is 0.369 e. The number of primary amides is 1. The lowest BCUT2D eigenvalue weighted by molar-refractivity contribution is -0.119. The second-order valence-electron chi connectivity index (χ2n) is 4.13. The molecule has 2 aromatic rings. The third-order valence-electron chi connectivity index (χ3n) is 2.91. The first-order valence-corrected chi connectivity index (χ1v) is 5.76. The first kappa shape index (κ1) is 11.7. The van der Waals surface area contributed by atoms with Crippen molar-refractivity contribution in [2.45, 2.75) is 13.5 Å². The number of carbonyl (C=O) groups excluding carboxylic acids is 1. The number of nitrogens with two attached hydrogens (primary N) is 1. The molecule has 0 radical (unpaired) electrons. The summed E-state index contributed by atoms with van der Waals surface area (Å²) in [5.74, 6) is -0.284. The average molecular weight is 231 g/mol. The third kappa shape index (κ3) is 2.65. The topological polar surface area (TPSA) is 62.1 Å². The van der Waals surface area contributed by atoms with Crippen LogP contribution in [0.4, 0.5) is 0 Å². The molecule has 0 atom stereocenters. The van der Waals surface area contributed by atoms with Gasteiger partial charge < -0.3 is 10.7 Å². The molecule has 17 heavy (non-hydrogen) atoms. The van der Waals surface area contributed by atoms with Crippen molar-refractivity contribution in [3.8, 4) is 0 Å². The second kappa shape index (κ2) is 5.01. The van der Waals surface area contributed by atoms with Crippen molar-refractivity contribution in [3.63, 3.8) is 0 Å². The average Bonchev–Trinajstić information content (AvgIpc) is 2.76. The number of amides is 1. The molecule has 4 nitrogen and oxygen atoms in total. The van der Waals surface area contributed by atoms with Gasteiger partial charge in [0.2, 0.25) is 5.91 Å². The molecule has 0 spiro atoms. The van der Waals surface area contributed by atoms with E-state index in [0.717, 1.165) is 18.6 Å². The van der Waals surface area contributed by atoms with Gasteiger partial charge in [0.15, 0.2) is 0 Å². The number of carbonyl (C=O) groups is 1. The van der Waals surface area contributed by atoms with Crippen molar-refractivity contribution in [1.29, 1.82) is 0 Å². The molecule has 0 saturated heterocycles. The van der Waals surface area contributed by atoms with Gasteiger partial charge in [0.25, 0.3) is 0 Å². The predicted octanol–water partition coefficient (Wildman–Crippen LogP) is 1.48. The van der Waals surface area contributed by atoms with Crippen LogP contribution in [0.15, 0.2) is 30.5 Å². The van der Waals surface area contributed by atoms with Crippen molar-refractivity contribution < 1.29 is 4.79 Å². The Morgan fingerprint density at radius 3 is 2.94 bits per heavy atom. The van der Waals surface area contributed by atoms with Crippen molar-refractivity contribution in [1.82, 2.24) is 9.88 Å². The van der Waals surface area contributed by atoms with Crippen molar-refractivity contribution in [2.75, 3.05) is 13.1 Å². The number of hydrogen-bond acceptors (Lipinski definition) is 2. The van der Waals surface area contributed by atoms with Crippen LogP contribution in [0.3, 0.4) is 0 Å². The summed E-state index contributed by atoms with van der Waals surface area (Å²) >= 11 is 0. The Bertz CT molecular complexity index is 518. The van der Waals surface area contributed by atoms with Gasteiger partial charge in [-0.2, -0.15) is 0 Å². The lowest BCUT2D eigenvalue weighted by Gasteiger charge is -2.18. The number of nitrogens with one attached hydrogen (secondary N) is 1. The maximum Gasteiger partial charge on any atom is 0.231 e. The Morgan fingerprint density at radius 1 is 1.41 bits per heavy atom. The van der Waals surface area contributed by atoms with E-state index in [1.165, 1.54) is 10.9 Å². The van der Waals surface area contributed by atoms with Crippen LogP contribution in [0.25, 0.3) is 10.9 Å². The summed E-state index contributed by atoms with van der Waals surface area (Å²) in [6.45, 7) is 3.88. The minimum Gasteiger partial charge on any atom is -0.369 e. The normalized spacial score (nSPS) is 11.2. The van der Waals surface area contributed by atoms with Gasteiger partial charge in [-0.25, -0.2) is 0 Å². The third-order valence-corrected chi connectivity index (χ3v) is 2.91. The van der Waals surface area contributed by atoms with Crippen LogP contribution >= 0.6 is 0 Å². The minimum atomic E-state index is -0.284. The summed E-state index contributed by atoms with van der Waals surface area (Å²) in [4.78, 5) is 16.2. The molecule has 0 bridgehead atoms. The summed E-state index contributed by atoms with van der Waals surface area (Å²) < 4.78 is 0. The summed E-state index contributed by atoms with van der Waals surface area (Å²) in [6.07, 6.45) is 1.93. The molecular weight excluding hydrogens is 214 g/mol. The Morgan fingerprint density at radius 2 is 2.24 bits per heavy atom. The molecule has 90 valence electrons. The molecule has 2 rings (SSSR count). The molecule has 4 heteroatoms. The van der Waals surface area contributed by atoms with Gasteiger partial charge in [0.05, 0.1) is 6.54 Å². The SMILES string of the molecule is CCN(CC(N)=O)Cc1cccc2[nH]ccc12. The number of aromatic amines is 1. The maximum atomic E-state index is 10.9. The molecular formula is C13H17N3O. The van der Waals surface area contributed by atoms with E-state index in [1.54, 1.807) is 0 Å². The highest BCUT2D eigenvalue weighted by Crippen LogP contribution is 2.18. The maximum absolute atomic E-state index is 10.9. The van der Waals surface area contributed by atoms with Crippen LogP contribution in [0, 0.1) is 0 Å². The molecule has 1 heterocycles. The lowest BCUT2D eigenvalue weighted by Crippen LogP contribution is -2.33. The lowest BCUT2D eigenvalue weighted by atomic mass is 10.1. The van der Waals surface area contributed by atoms with E-state index in [0.29, 0.717) is 6.54 Å². The number of nitrogens with zero attached hydrogens (tertiary/aromatic N) is 1. The monoisotopic (exact) mass is 231 g/mol. The number of hydrogen-bond donors (Lipinski definition) is 2. The molecule has 0 aliphatic rings. The fraction of sp³-hybridized carbons (Fsp3) is 0.308. The Hall–Kier alpha value is -1.81. The summed E-state index contributed by atoms with van der Waals surface area (Å²) in [7, 11) is 0. The van der Waals surface area contributed by atoms with Gasteiger partial charge in [-0.3, -0.25) is 9.69 Å². The summed E-state index contributed by atoms with van der Waals surface area (Å²) in [5, 5.41) is 1.20. The molecule has 1 aromatic heterocycles. The van der Waals surface area contributed by atoms with Crippen molar-refractivity contribution in [3.05, 3.63) is 36.0 Å². The first-order valence-electron chi connectivity index (χ1n) is 5.76. The van der Waals surface area contributed by atoms with Gasteiger partial charge in [-0.1, -0.05) is 19.1 Å². The Labute approximate surface area is 100 Å². The molecule has 0 saturated carbocycles. The van der Waals surface area contributed by atoms with Gasteiger partial charge in [0.1, 0.15) is 0 Å². The fourth-order valence-electron chi connectivity index (χ4n) is 2.03. The van der Waals surface area contributed by atoms with Crippen LogP contribution in [-0.2, 0) is 11.3 Å². The summed E-state index contributed by atoms with van der Waals surface area (Å²) in [6, 6.07) is 8.21. The van der Waals surface area contributed by atoms with E-state index >= 15 is 0 Å². The highest BCUT2D eigenvalue weighted by molar-refractivity contribution is 5.83. The van der Waals surface area contributed by atoms with Crippen LogP contribution in [0.2, 0.25) is 0 Å². The zero-order valence-corrected chi connectivity index (χ0v) is 9.94. The van der Waals surface area contributed by atoms with Gasteiger partial charge in [-0.15, -0.1) is 0 Å². The van der Waals surface area contributed by atoms with Gasteiger partial charge in [0, 0.05) is 23.6 Å². The molecule has 0 aliphatic carbocycles. The molecule has 0 aliphatic heterocycles. The molecule has 3 N–H and O–H groups in total. The number of fused-ring (bicyclic) bond motifs is 1. The highest BCUT2D eigenvalue weighted by atomic mass is 16.1. The number of aromatic nitrogens is 1. The van der Waals surface area contributed by atoms with Crippen molar-refractivity contribution >= 4 is 16.8 Å². The minimum absolute atomic E-state index is 0.284. The molecule has 1 aromatic carbocycles. The molecule has 0 unspecified atom stereocenters. The smallest absolute Gasteiger partial charge is 0.231 e. The number of likely N-dealkylation sites (N-methyl/N-ethyl adjacent to an activating group) is 1. The number of benzene rings is 1. The van der Waals surface area contributed by atoms with Crippen molar-refractivity contribution in [2.24, 2.45) is 5.73 Å². The van der Waals surface area contributed by atoms with E-state index in [-0.39, 0.29) is 5.91 Å². The first-order chi connectivity index (χ1) is 8.20. The number of rotatable bonds is 5. The van der Waals surface area contributed by atoms with Crippen LogP contribution < -0.4 is 5.73 Å². The van der Waals surface area contributed by atoms with E-state index < -0.39 is 0 Å². The summed E-state index contributed by atoms with van der Waals surface area (Å²) in [5.41, 5.74) is 7.57. The Balaban J connectivity index is 2.21. The standard InChI is InChI=1S/C13H17N3O/c1-2-16(9-13(14)17)8-10-4-3-5-12-11(10)6-7-15-12/h3-7,15H,2,8-9H2,1H3,(H2,14,17). The van der Waals surface area contributed by atoms with E-state index in [2.05, 4.69) is 17.1 Å². The van der Waals surface area contributed by atoms with Gasteiger partial charge >= 0.3 is 0 Å².